The highest BCUT2D eigenvalue weighted by Gasteiger charge is 2.30. The molecule has 0 fully saturated rings. The molecule has 1 heterocycles. The molecule has 3 rings (SSSR count). The molecule has 7 heteroatoms. The molecule has 132 valence electrons. The van der Waals surface area contributed by atoms with Crippen LogP contribution in [0.25, 0.3) is 0 Å². The van der Waals surface area contributed by atoms with Crippen molar-refractivity contribution in [2.75, 3.05) is 20.3 Å². The van der Waals surface area contributed by atoms with E-state index in [4.69, 9.17) is 9.47 Å². The molecule has 1 unspecified atom stereocenters. The lowest BCUT2D eigenvalue weighted by Gasteiger charge is -2.13. The van der Waals surface area contributed by atoms with E-state index >= 15 is 0 Å². The number of hydrogen-bond acceptors (Lipinski definition) is 5. The van der Waals surface area contributed by atoms with Gasteiger partial charge in [0.25, 0.3) is 10.0 Å². The number of rotatable bonds is 6. The van der Waals surface area contributed by atoms with E-state index in [2.05, 4.69) is 9.71 Å². The Labute approximate surface area is 147 Å². The van der Waals surface area contributed by atoms with Crippen LogP contribution in [-0.2, 0) is 10.0 Å². The van der Waals surface area contributed by atoms with E-state index in [1.54, 1.807) is 31.4 Å². The maximum Gasteiger partial charge on any atom is 0.263 e. The molecule has 0 bridgehead atoms. The van der Waals surface area contributed by atoms with Crippen LogP contribution in [0.2, 0.25) is 0 Å². The standard InChI is InChI=1S/C18H20N2O4S/c1-13(12-24-16-9-5-4-8-15(16)23-2)11-19-18-14-7-3-6-10-17(14)25(21,22)20-18/h3-10,13H,11-12H2,1-2H3,(H,19,20). The van der Waals surface area contributed by atoms with Crippen molar-refractivity contribution in [3.63, 3.8) is 0 Å². The molecule has 2 aromatic rings. The molecule has 2 aromatic carbocycles. The molecule has 1 atom stereocenters. The number of ether oxygens (including phenoxy) is 2. The molecule has 0 saturated heterocycles. The first-order valence-corrected chi connectivity index (χ1v) is 9.42. The van der Waals surface area contributed by atoms with E-state index in [1.165, 1.54) is 0 Å². The van der Waals surface area contributed by atoms with Crippen LogP contribution in [-0.4, -0.2) is 34.5 Å². The SMILES string of the molecule is COc1ccccc1OCC(C)CN=C1NS(=O)(=O)c2ccccc21. The van der Waals surface area contributed by atoms with Crippen LogP contribution in [0.4, 0.5) is 0 Å². The topological polar surface area (TPSA) is 77.0 Å². The Morgan fingerprint density at radius 3 is 2.52 bits per heavy atom. The third kappa shape index (κ3) is 3.76. The van der Waals surface area contributed by atoms with Crippen LogP contribution in [0.15, 0.2) is 58.4 Å². The van der Waals surface area contributed by atoms with E-state index in [9.17, 15) is 8.42 Å². The first kappa shape index (κ1) is 17.3. The number of sulfonamides is 1. The van der Waals surface area contributed by atoms with Crippen LogP contribution in [0, 0.1) is 5.92 Å². The monoisotopic (exact) mass is 360 g/mol. The van der Waals surface area contributed by atoms with E-state index in [0.29, 0.717) is 36.0 Å². The fourth-order valence-corrected chi connectivity index (χ4v) is 3.77. The molecule has 1 aliphatic rings. The van der Waals surface area contributed by atoms with Gasteiger partial charge in [0.05, 0.1) is 18.6 Å². The number of para-hydroxylation sites is 2. The minimum absolute atomic E-state index is 0.106. The van der Waals surface area contributed by atoms with Crippen molar-refractivity contribution in [3.8, 4) is 11.5 Å². The minimum Gasteiger partial charge on any atom is -0.493 e. The molecule has 0 aliphatic carbocycles. The van der Waals surface area contributed by atoms with Gasteiger partial charge in [-0.1, -0.05) is 31.2 Å². The number of hydrogen-bond donors (Lipinski definition) is 1. The molecule has 0 saturated carbocycles. The van der Waals surface area contributed by atoms with Crippen molar-refractivity contribution >= 4 is 15.9 Å². The maximum absolute atomic E-state index is 12.1. The van der Waals surface area contributed by atoms with Crippen molar-refractivity contribution in [2.24, 2.45) is 10.9 Å². The first-order chi connectivity index (χ1) is 12.0. The zero-order chi connectivity index (χ0) is 17.9. The van der Waals surface area contributed by atoms with Crippen LogP contribution >= 0.6 is 0 Å². The first-order valence-electron chi connectivity index (χ1n) is 7.94. The van der Waals surface area contributed by atoms with Gasteiger partial charge in [-0.05, 0) is 24.3 Å². The Bertz CT molecular complexity index is 893. The molecule has 1 aliphatic heterocycles. The fourth-order valence-electron chi connectivity index (χ4n) is 2.52. The van der Waals surface area contributed by atoms with Crippen LogP contribution < -0.4 is 14.2 Å². The van der Waals surface area contributed by atoms with Gasteiger partial charge in [0.1, 0.15) is 5.84 Å². The second-order valence-electron chi connectivity index (χ2n) is 5.86. The van der Waals surface area contributed by atoms with Gasteiger partial charge in [-0.2, -0.15) is 0 Å². The molecule has 0 radical (unpaired) electrons. The summed E-state index contributed by atoms with van der Waals surface area (Å²) in [6.07, 6.45) is 0. The van der Waals surface area contributed by atoms with Gasteiger partial charge in [0.2, 0.25) is 0 Å². The van der Waals surface area contributed by atoms with Crippen molar-refractivity contribution < 1.29 is 17.9 Å². The summed E-state index contributed by atoms with van der Waals surface area (Å²) in [4.78, 5) is 4.70. The summed E-state index contributed by atoms with van der Waals surface area (Å²) in [5, 5.41) is 0. The van der Waals surface area contributed by atoms with Crippen LogP contribution in [0.3, 0.4) is 0 Å². The molecule has 6 nitrogen and oxygen atoms in total. The van der Waals surface area contributed by atoms with Gasteiger partial charge in [0, 0.05) is 18.0 Å². The number of nitrogens with zero attached hydrogens (tertiary/aromatic N) is 1. The predicted octanol–water partition coefficient (Wildman–Crippen LogP) is 2.45. The van der Waals surface area contributed by atoms with Crippen LogP contribution in [0.5, 0.6) is 11.5 Å². The second-order valence-corrected chi connectivity index (χ2v) is 7.51. The predicted molar refractivity (Wildman–Crippen MR) is 95.8 cm³/mol. The Balaban J connectivity index is 1.65. The van der Waals surface area contributed by atoms with Crippen molar-refractivity contribution in [1.29, 1.82) is 0 Å². The highest BCUT2D eigenvalue weighted by Crippen LogP contribution is 2.26. The van der Waals surface area contributed by atoms with Crippen molar-refractivity contribution in [2.45, 2.75) is 11.8 Å². The Morgan fingerprint density at radius 2 is 1.76 bits per heavy atom. The van der Waals surface area contributed by atoms with Gasteiger partial charge in [-0.3, -0.25) is 9.71 Å². The Kier molecular flexibility index (Phi) is 4.94. The van der Waals surface area contributed by atoms with Gasteiger partial charge in [-0.15, -0.1) is 0 Å². The summed E-state index contributed by atoms with van der Waals surface area (Å²) in [6, 6.07) is 14.3. The van der Waals surface area contributed by atoms with Gasteiger partial charge >= 0.3 is 0 Å². The van der Waals surface area contributed by atoms with Gasteiger partial charge in [-0.25, -0.2) is 8.42 Å². The summed E-state index contributed by atoms with van der Waals surface area (Å²) in [6.45, 7) is 2.89. The normalized spacial score (nSPS) is 17.6. The minimum atomic E-state index is -3.50. The van der Waals surface area contributed by atoms with E-state index in [1.807, 2.05) is 31.2 Å². The number of methoxy groups -OCH3 is 1. The zero-order valence-electron chi connectivity index (χ0n) is 14.1. The largest absolute Gasteiger partial charge is 0.493 e. The lowest BCUT2D eigenvalue weighted by molar-refractivity contribution is 0.251. The number of fused-ring (bicyclic) bond motifs is 1. The lowest BCUT2D eigenvalue weighted by atomic mass is 10.2. The second kappa shape index (κ2) is 7.14. The number of amidine groups is 1. The maximum atomic E-state index is 12.1. The third-order valence-corrected chi connectivity index (χ3v) is 5.21. The molecule has 0 aromatic heterocycles. The summed E-state index contributed by atoms with van der Waals surface area (Å²) in [5.41, 5.74) is 0.611. The smallest absolute Gasteiger partial charge is 0.263 e. The van der Waals surface area contributed by atoms with Crippen molar-refractivity contribution in [3.05, 3.63) is 54.1 Å². The van der Waals surface area contributed by atoms with Crippen LogP contribution in [0.1, 0.15) is 12.5 Å². The summed E-state index contributed by atoms with van der Waals surface area (Å²) in [5.74, 6) is 1.85. The number of benzene rings is 2. The van der Waals surface area contributed by atoms with E-state index in [0.717, 1.165) is 0 Å². The number of nitrogens with one attached hydrogen (secondary N) is 1. The third-order valence-electron chi connectivity index (χ3n) is 3.82. The average Bonchev–Trinajstić information content (AvgIpc) is 2.89. The molecular weight excluding hydrogens is 340 g/mol. The summed E-state index contributed by atoms with van der Waals surface area (Å²) >= 11 is 0. The van der Waals surface area contributed by atoms with E-state index < -0.39 is 10.0 Å². The zero-order valence-corrected chi connectivity index (χ0v) is 14.9. The van der Waals surface area contributed by atoms with Gasteiger partial charge in [0.15, 0.2) is 11.5 Å². The quantitative estimate of drug-likeness (QED) is 0.858. The molecule has 25 heavy (non-hydrogen) atoms. The molecular formula is C18H20N2O4S. The Morgan fingerprint density at radius 1 is 1.08 bits per heavy atom. The van der Waals surface area contributed by atoms with Gasteiger partial charge < -0.3 is 9.47 Å². The summed E-state index contributed by atoms with van der Waals surface area (Å²) < 4.78 is 37.7. The lowest BCUT2D eigenvalue weighted by Crippen LogP contribution is -2.23. The highest BCUT2D eigenvalue weighted by atomic mass is 32.2. The molecule has 1 N–H and O–H groups in total. The molecule has 0 spiro atoms. The average molecular weight is 360 g/mol. The highest BCUT2D eigenvalue weighted by molar-refractivity contribution is 7.90. The van der Waals surface area contributed by atoms with Crippen molar-refractivity contribution in [1.82, 2.24) is 4.72 Å². The summed E-state index contributed by atoms with van der Waals surface area (Å²) in [7, 11) is -1.90. The Hall–Kier alpha value is -2.54. The molecule has 0 amide bonds. The number of aliphatic imine (C=N–C) groups is 1. The van der Waals surface area contributed by atoms with E-state index in [-0.39, 0.29) is 10.8 Å². The fraction of sp³-hybridized carbons (Fsp3) is 0.278.